The minimum absolute atomic E-state index is 0.270. The molecular formula is C24H28N4O6S. The summed E-state index contributed by atoms with van der Waals surface area (Å²) >= 11 is 0. The van der Waals surface area contributed by atoms with E-state index >= 15 is 0 Å². The highest BCUT2D eigenvalue weighted by molar-refractivity contribution is 7.91. The van der Waals surface area contributed by atoms with Gasteiger partial charge in [-0.25, -0.2) is 8.42 Å². The Hall–Kier alpha value is -3.18. The van der Waals surface area contributed by atoms with Crippen molar-refractivity contribution in [1.82, 2.24) is 20.3 Å². The van der Waals surface area contributed by atoms with Gasteiger partial charge in [0, 0.05) is 36.5 Å². The molecule has 1 aromatic heterocycles. The van der Waals surface area contributed by atoms with E-state index in [0.717, 1.165) is 10.9 Å². The molecule has 11 heteroatoms. The van der Waals surface area contributed by atoms with Gasteiger partial charge in [0.25, 0.3) is 5.91 Å². The average Bonchev–Trinajstić information content (AvgIpc) is 3.76. The van der Waals surface area contributed by atoms with Crippen LogP contribution in [0.1, 0.15) is 25.7 Å². The maximum absolute atomic E-state index is 13.0. The number of methoxy groups -OCH3 is 1. The third-order valence-corrected chi connectivity index (χ3v) is 8.68. The Morgan fingerprint density at radius 1 is 1.29 bits per heavy atom. The molecule has 0 radical (unpaired) electrons. The van der Waals surface area contributed by atoms with E-state index in [0.29, 0.717) is 43.7 Å². The number of pyridine rings is 1. The van der Waals surface area contributed by atoms with E-state index in [4.69, 9.17) is 9.47 Å². The van der Waals surface area contributed by atoms with Crippen LogP contribution in [-0.2, 0) is 19.6 Å². The van der Waals surface area contributed by atoms with Crippen LogP contribution in [0.3, 0.4) is 0 Å². The molecule has 0 unspecified atom stereocenters. The van der Waals surface area contributed by atoms with E-state index in [9.17, 15) is 18.0 Å². The van der Waals surface area contributed by atoms with Crippen molar-refractivity contribution in [2.75, 3.05) is 13.7 Å². The molecule has 2 heterocycles. The van der Waals surface area contributed by atoms with Gasteiger partial charge in [-0.05, 0) is 37.5 Å². The van der Waals surface area contributed by atoms with Gasteiger partial charge in [0.2, 0.25) is 15.9 Å². The van der Waals surface area contributed by atoms with Gasteiger partial charge >= 0.3 is 0 Å². The van der Waals surface area contributed by atoms with Crippen LogP contribution in [-0.4, -0.2) is 61.8 Å². The Morgan fingerprint density at radius 2 is 2.09 bits per heavy atom. The third-order valence-electron chi connectivity index (χ3n) is 6.86. The molecule has 2 aliphatic carbocycles. The summed E-state index contributed by atoms with van der Waals surface area (Å²) in [5.74, 6) is -0.0480. The molecule has 186 valence electrons. The smallest absolute Gasteiger partial charge is 0.259 e. The van der Waals surface area contributed by atoms with Gasteiger partial charge in [0.1, 0.15) is 23.1 Å². The van der Waals surface area contributed by atoms with Gasteiger partial charge < -0.3 is 20.1 Å². The topological polar surface area (TPSA) is 136 Å². The minimum atomic E-state index is -3.72. The summed E-state index contributed by atoms with van der Waals surface area (Å²) in [5.41, 5.74) is -0.553. The fourth-order valence-corrected chi connectivity index (χ4v) is 5.89. The van der Waals surface area contributed by atoms with Crippen LogP contribution in [0, 0.1) is 5.92 Å². The van der Waals surface area contributed by atoms with E-state index in [-0.39, 0.29) is 17.9 Å². The number of sulfonamides is 1. The summed E-state index contributed by atoms with van der Waals surface area (Å²) in [5, 5.41) is 6.24. The van der Waals surface area contributed by atoms with E-state index in [1.54, 1.807) is 25.4 Å². The standard InChI is InChI=1S/C24H28N4O6S/c1-3-14-12-24(14,23(30)28-35(31,32)17-5-6-17)27-22(29)20-11-16(13-26-20)34-21-8-9-25-19-10-15(33-2)4-7-18(19)21/h3-4,7-10,14,16-17,20,26H,1,5-6,11-13H2,2H3,(H,27,29)(H,28,30)/t14-,16-,20+,24-/m1/s1. The van der Waals surface area contributed by atoms with Crippen molar-refractivity contribution in [1.29, 1.82) is 0 Å². The van der Waals surface area contributed by atoms with Crippen LogP contribution in [0.5, 0.6) is 11.5 Å². The van der Waals surface area contributed by atoms with Crippen molar-refractivity contribution in [3.8, 4) is 11.5 Å². The third kappa shape index (κ3) is 4.57. The first-order valence-electron chi connectivity index (χ1n) is 11.6. The van der Waals surface area contributed by atoms with Crippen molar-refractivity contribution < 1.29 is 27.5 Å². The predicted molar refractivity (Wildman–Crippen MR) is 128 cm³/mol. The van der Waals surface area contributed by atoms with Crippen LogP contribution < -0.4 is 24.8 Å². The van der Waals surface area contributed by atoms with Crippen molar-refractivity contribution in [2.24, 2.45) is 5.92 Å². The molecule has 3 fully saturated rings. The maximum atomic E-state index is 13.0. The second-order valence-corrected chi connectivity index (χ2v) is 11.3. The summed E-state index contributed by atoms with van der Waals surface area (Å²) < 4.78 is 38.1. The fourth-order valence-electron chi connectivity index (χ4n) is 4.53. The Labute approximate surface area is 203 Å². The molecule has 3 N–H and O–H groups in total. The lowest BCUT2D eigenvalue weighted by Gasteiger charge is -2.21. The van der Waals surface area contributed by atoms with Gasteiger partial charge in [-0.3, -0.25) is 19.3 Å². The Bertz CT molecular complexity index is 1290. The minimum Gasteiger partial charge on any atom is -0.497 e. The highest BCUT2D eigenvalue weighted by Gasteiger charge is 2.61. The summed E-state index contributed by atoms with van der Waals surface area (Å²) in [4.78, 5) is 30.3. The number of amides is 2. The first-order chi connectivity index (χ1) is 16.8. The zero-order valence-corrected chi connectivity index (χ0v) is 20.1. The number of carbonyl (C=O) groups is 2. The highest BCUT2D eigenvalue weighted by Crippen LogP contribution is 2.45. The number of nitrogens with one attached hydrogen (secondary N) is 3. The molecule has 1 aliphatic heterocycles. The van der Waals surface area contributed by atoms with Gasteiger partial charge in [-0.15, -0.1) is 6.58 Å². The van der Waals surface area contributed by atoms with Gasteiger partial charge in [0.05, 0.1) is 23.9 Å². The highest BCUT2D eigenvalue weighted by atomic mass is 32.2. The quantitative estimate of drug-likeness (QED) is 0.435. The lowest BCUT2D eigenvalue weighted by molar-refractivity contribution is -0.130. The van der Waals surface area contributed by atoms with Gasteiger partial charge in [-0.1, -0.05) is 6.08 Å². The Morgan fingerprint density at radius 3 is 2.77 bits per heavy atom. The zero-order chi connectivity index (χ0) is 24.8. The van der Waals surface area contributed by atoms with Crippen molar-refractivity contribution >= 4 is 32.7 Å². The molecule has 0 bridgehead atoms. The van der Waals surface area contributed by atoms with Crippen LogP contribution in [0.2, 0.25) is 0 Å². The van der Waals surface area contributed by atoms with Crippen molar-refractivity contribution in [2.45, 2.75) is 48.6 Å². The van der Waals surface area contributed by atoms with E-state index in [1.807, 2.05) is 18.2 Å². The number of hydrogen-bond donors (Lipinski definition) is 3. The number of rotatable bonds is 9. The molecule has 1 saturated heterocycles. The molecule has 4 atom stereocenters. The second kappa shape index (κ2) is 8.80. The van der Waals surface area contributed by atoms with E-state index in [2.05, 4.69) is 26.9 Å². The molecule has 35 heavy (non-hydrogen) atoms. The monoisotopic (exact) mass is 500 g/mol. The average molecular weight is 501 g/mol. The molecule has 2 aromatic rings. The van der Waals surface area contributed by atoms with E-state index in [1.165, 1.54) is 0 Å². The zero-order valence-electron chi connectivity index (χ0n) is 19.3. The molecule has 10 nitrogen and oxygen atoms in total. The largest absolute Gasteiger partial charge is 0.497 e. The fraction of sp³-hybridized carbons (Fsp3) is 0.458. The summed E-state index contributed by atoms with van der Waals surface area (Å²) in [6.45, 7) is 4.16. The molecule has 3 aliphatic rings. The molecular weight excluding hydrogens is 472 g/mol. The second-order valence-electron chi connectivity index (χ2n) is 9.31. The lowest BCUT2D eigenvalue weighted by Crippen LogP contribution is -2.55. The first-order valence-corrected chi connectivity index (χ1v) is 13.1. The number of benzene rings is 1. The van der Waals surface area contributed by atoms with Crippen molar-refractivity contribution in [3.63, 3.8) is 0 Å². The molecule has 0 spiro atoms. The summed E-state index contributed by atoms with van der Waals surface area (Å²) in [6, 6.07) is 6.73. The summed E-state index contributed by atoms with van der Waals surface area (Å²) in [6.07, 6.45) is 4.75. The van der Waals surface area contributed by atoms with Crippen LogP contribution >= 0.6 is 0 Å². The Balaban J connectivity index is 1.23. The number of hydrogen-bond acceptors (Lipinski definition) is 8. The molecule has 1 aromatic carbocycles. The molecule has 2 saturated carbocycles. The van der Waals surface area contributed by atoms with Crippen LogP contribution in [0.25, 0.3) is 10.9 Å². The SMILES string of the molecule is C=C[C@@H]1C[C@]1(NC(=O)[C@@H]1C[C@@H](Oc2ccnc3cc(OC)ccc23)CN1)C(=O)NS(=O)(=O)C1CC1. The summed E-state index contributed by atoms with van der Waals surface area (Å²) in [7, 11) is -2.12. The molecule has 2 amide bonds. The number of nitrogens with zero attached hydrogens (tertiary/aromatic N) is 1. The number of carbonyl (C=O) groups excluding carboxylic acids is 2. The predicted octanol–water partition coefficient (Wildman–Crippen LogP) is 1.02. The maximum Gasteiger partial charge on any atom is 0.259 e. The Kier molecular flexibility index (Phi) is 5.92. The number of ether oxygens (including phenoxy) is 2. The van der Waals surface area contributed by atoms with Crippen molar-refractivity contribution in [3.05, 3.63) is 43.1 Å². The van der Waals surface area contributed by atoms with Crippen LogP contribution in [0.4, 0.5) is 0 Å². The van der Waals surface area contributed by atoms with E-state index < -0.39 is 32.8 Å². The number of aromatic nitrogens is 1. The first kappa shape index (κ1) is 23.6. The normalized spacial score (nSPS) is 27.7. The number of fused-ring (bicyclic) bond motifs is 1. The van der Waals surface area contributed by atoms with Gasteiger partial charge in [0.15, 0.2) is 0 Å². The molecule has 5 rings (SSSR count). The van der Waals surface area contributed by atoms with Gasteiger partial charge in [-0.2, -0.15) is 0 Å². The van der Waals surface area contributed by atoms with Crippen LogP contribution in [0.15, 0.2) is 43.1 Å². The lowest BCUT2D eigenvalue weighted by atomic mass is 10.1.